The topological polar surface area (TPSA) is 80.9 Å². The fourth-order valence-corrected chi connectivity index (χ4v) is 2.35. The number of nitrogens with zero attached hydrogens (tertiary/aromatic N) is 4. The van der Waals surface area contributed by atoms with Crippen LogP contribution in [0.15, 0.2) is 24.3 Å². The van der Waals surface area contributed by atoms with Gasteiger partial charge in [0.05, 0.1) is 12.0 Å². The molecule has 0 atom stereocenters. The van der Waals surface area contributed by atoms with E-state index < -0.39 is 11.4 Å². The van der Waals surface area contributed by atoms with Gasteiger partial charge in [-0.15, -0.1) is 5.10 Å². The van der Waals surface area contributed by atoms with E-state index in [1.165, 1.54) is 0 Å². The van der Waals surface area contributed by atoms with Gasteiger partial charge in [-0.05, 0) is 58.0 Å². The highest BCUT2D eigenvalue weighted by atomic mass is 127. The summed E-state index contributed by atoms with van der Waals surface area (Å²) in [6.45, 7) is 0.330. The van der Waals surface area contributed by atoms with Gasteiger partial charge in [0.15, 0.2) is 5.82 Å². The second-order valence-corrected chi connectivity index (χ2v) is 6.00. The molecule has 3 rings (SSSR count). The number of tetrazole rings is 1. The van der Waals surface area contributed by atoms with Gasteiger partial charge in [-0.3, -0.25) is 4.79 Å². The van der Waals surface area contributed by atoms with Gasteiger partial charge in [-0.25, -0.2) is 4.68 Å². The lowest BCUT2D eigenvalue weighted by Gasteiger charge is -2.10. The molecule has 0 saturated heterocycles. The van der Waals surface area contributed by atoms with Crippen LogP contribution in [0.2, 0.25) is 0 Å². The van der Waals surface area contributed by atoms with Gasteiger partial charge in [0.2, 0.25) is 0 Å². The molecule has 2 aromatic rings. The maximum absolute atomic E-state index is 11.2. The Bertz CT molecular complexity index is 619. The number of halogens is 1. The molecule has 0 radical (unpaired) electrons. The maximum Gasteiger partial charge on any atom is 0.311 e. The van der Waals surface area contributed by atoms with Crippen molar-refractivity contribution in [2.75, 3.05) is 0 Å². The SMILES string of the molecule is O=C(O)C1(Cn2nnnc2-c2ccc(I)cc2)CC1. The van der Waals surface area contributed by atoms with Crippen molar-refractivity contribution in [3.05, 3.63) is 27.8 Å². The zero-order chi connectivity index (χ0) is 13.5. The number of benzene rings is 1. The van der Waals surface area contributed by atoms with Crippen molar-refractivity contribution in [1.29, 1.82) is 0 Å². The van der Waals surface area contributed by atoms with E-state index in [2.05, 4.69) is 38.1 Å². The Morgan fingerprint density at radius 1 is 1.37 bits per heavy atom. The summed E-state index contributed by atoms with van der Waals surface area (Å²) in [5.74, 6) is -0.152. The van der Waals surface area contributed by atoms with Crippen LogP contribution in [0.25, 0.3) is 11.4 Å². The third-order valence-corrected chi connectivity index (χ3v) is 4.11. The summed E-state index contributed by atoms with van der Waals surface area (Å²) in [7, 11) is 0. The smallest absolute Gasteiger partial charge is 0.311 e. The summed E-state index contributed by atoms with van der Waals surface area (Å²) >= 11 is 2.23. The van der Waals surface area contributed by atoms with E-state index in [-0.39, 0.29) is 0 Å². The fraction of sp³-hybridized carbons (Fsp3) is 0.333. The molecule has 0 spiro atoms. The molecule has 98 valence electrons. The third-order valence-electron chi connectivity index (χ3n) is 3.39. The van der Waals surface area contributed by atoms with Crippen LogP contribution in [0, 0.1) is 8.99 Å². The van der Waals surface area contributed by atoms with Gasteiger partial charge in [0.1, 0.15) is 0 Å². The van der Waals surface area contributed by atoms with Gasteiger partial charge in [-0.2, -0.15) is 0 Å². The van der Waals surface area contributed by atoms with E-state index in [4.69, 9.17) is 0 Å². The summed E-state index contributed by atoms with van der Waals surface area (Å²) in [6.07, 6.45) is 1.38. The predicted octanol–water partition coefficient (Wildman–Crippen LogP) is 1.81. The lowest BCUT2D eigenvalue weighted by Crippen LogP contribution is -2.22. The van der Waals surface area contributed by atoms with Crippen molar-refractivity contribution in [1.82, 2.24) is 20.2 Å². The summed E-state index contributed by atoms with van der Waals surface area (Å²) in [4.78, 5) is 11.2. The number of carboxylic acids is 1. The molecule has 0 bridgehead atoms. The Labute approximate surface area is 123 Å². The Kier molecular flexibility index (Phi) is 3.00. The highest BCUT2D eigenvalue weighted by Crippen LogP contribution is 2.47. The van der Waals surface area contributed by atoms with Crippen LogP contribution >= 0.6 is 22.6 Å². The summed E-state index contributed by atoms with van der Waals surface area (Å²) < 4.78 is 2.72. The third kappa shape index (κ3) is 2.34. The molecule has 1 N–H and O–H groups in total. The van der Waals surface area contributed by atoms with E-state index >= 15 is 0 Å². The Hall–Kier alpha value is -1.51. The maximum atomic E-state index is 11.2. The van der Waals surface area contributed by atoms with Crippen LogP contribution in [-0.2, 0) is 11.3 Å². The predicted molar refractivity (Wildman–Crippen MR) is 75.3 cm³/mol. The largest absolute Gasteiger partial charge is 0.481 e. The molecule has 6 nitrogen and oxygen atoms in total. The van der Waals surface area contributed by atoms with E-state index in [0.717, 1.165) is 9.13 Å². The molecule has 0 aliphatic heterocycles. The van der Waals surface area contributed by atoms with Crippen LogP contribution in [0.1, 0.15) is 12.8 Å². The van der Waals surface area contributed by atoms with Crippen molar-refractivity contribution in [2.45, 2.75) is 19.4 Å². The van der Waals surface area contributed by atoms with Crippen molar-refractivity contribution in [3.8, 4) is 11.4 Å². The molecule has 7 heteroatoms. The number of hydrogen-bond donors (Lipinski definition) is 1. The Morgan fingerprint density at radius 3 is 2.63 bits per heavy atom. The second-order valence-electron chi connectivity index (χ2n) is 4.75. The number of aromatic nitrogens is 4. The molecule has 1 aliphatic carbocycles. The van der Waals surface area contributed by atoms with Gasteiger partial charge < -0.3 is 5.11 Å². The van der Waals surface area contributed by atoms with E-state index in [9.17, 15) is 9.90 Å². The molecule has 1 heterocycles. The average molecular weight is 370 g/mol. The highest BCUT2D eigenvalue weighted by Gasteiger charge is 2.51. The molecule has 0 unspecified atom stereocenters. The summed E-state index contributed by atoms with van der Waals surface area (Å²) in [5.41, 5.74) is 0.222. The lowest BCUT2D eigenvalue weighted by molar-refractivity contribution is -0.144. The first kappa shape index (κ1) is 12.5. The number of hydrogen-bond acceptors (Lipinski definition) is 4. The monoisotopic (exact) mass is 370 g/mol. The quantitative estimate of drug-likeness (QED) is 0.831. The van der Waals surface area contributed by atoms with Crippen LogP contribution < -0.4 is 0 Å². The minimum absolute atomic E-state index is 0.330. The van der Waals surface area contributed by atoms with E-state index in [1.54, 1.807) is 4.68 Å². The zero-order valence-corrected chi connectivity index (χ0v) is 12.1. The molecule has 1 aliphatic rings. The molecular formula is C12H11IN4O2. The summed E-state index contributed by atoms with van der Waals surface area (Å²) in [5, 5.41) is 20.8. The van der Waals surface area contributed by atoms with E-state index in [1.807, 2.05) is 24.3 Å². The molecule has 19 heavy (non-hydrogen) atoms. The minimum atomic E-state index is -0.767. The lowest BCUT2D eigenvalue weighted by atomic mass is 10.1. The number of carbonyl (C=O) groups is 1. The van der Waals surface area contributed by atoms with Crippen LogP contribution in [0.4, 0.5) is 0 Å². The average Bonchev–Trinajstić information content (AvgIpc) is 3.03. The first-order valence-electron chi connectivity index (χ1n) is 5.86. The highest BCUT2D eigenvalue weighted by molar-refractivity contribution is 14.1. The fourth-order valence-electron chi connectivity index (χ4n) is 1.99. The zero-order valence-electron chi connectivity index (χ0n) is 9.95. The van der Waals surface area contributed by atoms with Crippen molar-refractivity contribution >= 4 is 28.6 Å². The van der Waals surface area contributed by atoms with Crippen LogP contribution in [0.5, 0.6) is 0 Å². The Balaban J connectivity index is 1.91. The van der Waals surface area contributed by atoms with Crippen LogP contribution in [0.3, 0.4) is 0 Å². The van der Waals surface area contributed by atoms with Crippen molar-refractivity contribution < 1.29 is 9.90 Å². The molecule has 1 fully saturated rings. The Morgan fingerprint density at radius 2 is 2.05 bits per heavy atom. The van der Waals surface area contributed by atoms with Gasteiger partial charge in [0, 0.05) is 9.13 Å². The van der Waals surface area contributed by atoms with Gasteiger partial charge in [0.25, 0.3) is 0 Å². The minimum Gasteiger partial charge on any atom is -0.481 e. The molecule has 1 aromatic heterocycles. The number of rotatable bonds is 4. The summed E-state index contributed by atoms with van der Waals surface area (Å²) in [6, 6.07) is 7.81. The first-order chi connectivity index (χ1) is 9.11. The second kappa shape index (κ2) is 4.55. The van der Waals surface area contributed by atoms with E-state index in [0.29, 0.717) is 25.2 Å². The molecule has 1 saturated carbocycles. The number of aliphatic carboxylic acids is 1. The number of carboxylic acid groups (broad SMARTS) is 1. The normalized spacial score (nSPS) is 16.3. The van der Waals surface area contributed by atoms with Crippen molar-refractivity contribution in [2.24, 2.45) is 5.41 Å². The molecule has 1 aromatic carbocycles. The first-order valence-corrected chi connectivity index (χ1v) is 6.94. The molecule has 0 amide bonds. The molecular weight excluding hydrogens is 359 g/mol. The van der Waals surface area contributed by atoms with Crippen molar-refractivity contribution in [3.63, 3.8) is 0 Å². The standard InChI is InChI=1S/C12H11IN4O2/c13-9-3-1-8(2-4-9)10-14-15-16-17(10)7-12(5-6-12)11(18)19/h1-4H,5-7H2,(H,18,19). The van der Waals surface area contributed by atoms with Gasteiger partial charge in [-0.1, -0.05) is 12.1 Å². The van der Waals surface area contributed by atoms with Gasteiger partial charge >= 0.3 is 5.97 Å². The van der Waals surface area contributed by atoms with Crippen LogP contribution in [-0.4, -0.2) is 31.3 Å².